The molecule has 6 nitrogen and oxygen atoms in total. The normalized spacial score (nSPS) is 12.5. The van der Waals surface area contributed by atoms with E-state index in [-0.39, 0.29) is 12.7 Å². The summed E-state index contributed by atoms with van der Waals surface area (Å²) in [6.45, 7) is 0.918. The lowest BCUT2D eigenvalue weighted by Crippen LogP contribution is -2.25. The molecule has 2 N–H and O–H groups in total. The number of aryl methyl sites for hydroxylation is 2. The number of aromatic nitrogens is 2. The van der Waals surface area contributed by atoms with E-state index in [1.807, 2.05) is 42.5 Å². The lowest BCUT2D eigenvalue weighted by Gasteiger charge is -2.05. The average Bonchev–Trinajstić information content (AvgIpc) is 3.29. The fourth-order valence-electron chi connectivity index (χ4n) is 3.05. The second-order valence-electron chi connectivity index (χ2n) is 6.34. The molecule has 3 aromatic rings. The van der Waals surface area contributed by atoms with Crippen molar-refractivity contribution in [3.63, 3.8) is 0 Å². The van der Waals surface area contributed by atoms with Gasteiger partial charge in [-0.3, -0.25) is 4.79 Å². The first-order valence-electron chi connectivity index (χ1n) is 8.87. The van der Waals surface area contributed by atoms with Gasteiger partial charge in [0, 0.05) is 19.4 Å². The van der Waals surface area contributed by atoms with E-state index in [2.05, 4.69) is 15.3 Å². The minimum Gasteiger partial charge on any atom is -0.454 e. The Labute approximate surface area is 151 Å². The zero-order chi connectivity index (χ0) is 17.8. The van der Waals surface area contributed by atoms with Crippen molar-refractivity contribution in [3.8, 4) is 11.5 Å². The smallest absolute Gasteiger partial charge is 0.231 e. The largest absolute Gasteiger partial charge is 0.454 e. The number of imidazole rings is 1. The molecule has 0 saturated carbocycles. The van der Waals surface area contributed by atoms with Crippen molar-refractivity contribution in [1.29, 1.82) is 0 Å². The molecule has 0 spiro atoms. The van der Waals surface area contributed by atoms with Crippen LogP contribution in [0.4, 0.5) is 0 Å². The minimum atomic E-state index is 0.0623. The van der Waals surface area contributed by atoms with Gasteiger partial charge in [-0.2, -0.15) is 0 Å². The number of amides is 1. The summed E-state index contributed by atoms with van der Waals surface area (Å²) >= 11 is 0. The highest BCUT2D eigenvalue weighted by Crippen LogP contribution is 2.32. The van der Waals surface area contributed by atoms with Crippen molar-refractivity contribution in [1.82, 2.24) is 15.3 Å². The summed E-state index contributed by atoms with van der Waals surface area (Å²) in [5, 5.41) is 2.97. The number of nitrogens with one attached hydrogen (secondary N) is 2. The minimum absolute atomic E-state index is 0.0623. The van der Waals surface area contributed by atoms with Gasteiger partial charge in [-0.15, -0.1) is 0 Å². The summed E-state index contributed by atoms with van der Waals surface area (Å²) < 4.78 is 10.6. The van der Waals surface area contributed by atoms with Gasteiger partial charge in [0.2, 0.25) is 12.7 Å². The summed E-state index contributed by atoms with van der Waals surface area (Å²) in [6, 6.07) is 13.8. The quantitative estimate of drug-likeness (QED) is 0.642. The number of H-pyrrole nitrogens is 1. The van der Waals surface area contributed by atoms with E-state index in [1.165, 1.54) is 0 Å². The number of hydrogen-bond acceptors (Lipinski definition) is 4. The Morgan fingerprint density at radius 1 is 1.12 bits per heavy atom. The van der Waals surface area contributed by atoms with Crippen LogP contribution < -0.4 is 14.8 Å². The van der Waals surface area contributed by atoms with E-state index in [4.69, 9.17) is 9.47 Å². The molecule has 0 bridgehead atoms. The molecule has 1 aliphatic rings. The summed E-state index contributed by atoms with van der Waals surface area (Å²) in [6.07, 6.45) is 2.82. The van der Waals surface area contributed by atoms with E-state index >= 15 is 0 Å². The van der Waals surface area contributed by atoms with Gasteiger partial charge < -0.3 is 19.8 Å². The molecule has 1 amide bonds. The number of para-hydroxylation sites is 2. The molecule has 26 heavy (non-hydrogen) atoms. The number of carbonyl (C=O) groups excluding carboxylic acids is 1. The molecule has 0 aliphatic carbocycles. The maximum Gasteiger partial charge on any atom is 0.231 e. The fourth-order valence-corrected chi connectivity index (χ4v) is 3.05. The van der Waals surface area contributed by atoms with Crippen LogP contribution in [-0.4, -0.2) is 29.2 Å². The van der Waals surface area contributed by atoms with Gasteiger partial charge in [0.1, 0.15) is 5.82 Å². The molecule has 2 aromatic carbocycles. The van der Waals surface area contributed by atoms with Crippen LogP contribution >= 0.6 is 0 Å². The third kappa shape index (κ3) is 3.79. The van der Waals surface area contributed by atoms with Gasteiger partial charge >= 0.3 is 0 Å². The van der Waals surface area contributed by atoms with Crippen molar-refractivity contribution in [2.75, 3.05) is 13.3 Å². The molecular formula is C20H21N3O3. The number of benzene rings is 2. The van der Waals surface area contributed by atoms with Crippen molar-refractivity contribution in [3.05, 3.63) is 53.9 Å². The number of hydrogen-bond donors (Lipinski definition) is 2. The van der Waals surface area contributed by atoms with E-state index in [1.54, 1.807) is 0 Å². The Morgan fingerprint density at radius 3 is 2.92 bits per heavy atom. The Balaban J connectivity index is 1.18. The predicted molar refractivity (Wildman–Crippen MR) is 98.3 cm³/mol. The number of nitrogens with zero attached hydrogens (tertiary/aromatic N) is 1. The van der Waals surface area contributed by atoms with Gasteiger partial charge in [0.05, 0.1) is 11.0 Å². The molecule has 2 heterocycles. The Bertz CT molecular complexity index is 887. The molecule has 1 aliphatic heterocycles. The molecule has 0 atom stereocenters. The lowest BCUT2D eigenvalue weighted by molar-refractivity contribution is -0.121. The summed E-state index contributed by atoms with van der Waals surface area (Å²) in [4.78, 5) is 19.9. The van der Waals surface area contributed by atoms with Gasteiger partial charge in [0.25, 0.3) is 0 Å². The van der Waals surface area contributed by atoms with Crippen molar-refractivity contribution < 1.29 is 14.3 Å². The maximum atomic E-state index is 12.0. The van der Waals surface area contributed by atoms with Crippen molar-refractivity contribution >= 4 is 16.9 Å². The van der Waals surface area contributed by atoms with Gasteiger partial charge in [-0.05, 0) is 42.7 Å². The monoisotopic (exact) mass is 351 g/mol. The highest BCUT2D eigenvalue weighted by atomic mass is 16.7. The lowest BCUT2D eigenvalue weighted by atomic mass is 10.1. The first-order chi connectivity index (χ1) is 12.8. The highest BCUT2D eigenvalue weighted by Gasteiger charge is 2.13. The molecule has 134 valence electrons. The zero-order valence-corrected chi connectivity index (χ0v) is 14.5. The molecule has 0 fully saturated rings. The topological polar surface area (TPSA) is 76.2 Å². The number of rotatable bonds is 7. The molecule has 0 saturated heterocycles. The van der Waals surface area contributed by atoms with Gasteiger partial charge in [-0.1, -0.05) is 18.2 Å². The Hall–Kier alpha value is -3.02. The number of ether oxygens (including phenoxy) is 2. The average molecular weight is 351 g/mol. The maximum absolute atomic E-state index is 12.0. The molecule has 6 heteroatoms. The second-order valence-corrected chi connectivity index (χ2v) is 6.34. The SMILES string of the molecule is O=C(CCc1ccc2c(c1)OCO2)NCCCc1nc2ccccc2[nH]1. The third-order valence-corrected chi connectivity index (χ3v) is 4.43. The fraction of sp³-hybridized carbons (Fsp3) is 0.300. The molecule has 0 unspecified atom stereocenters. The van der Waals surface area contributed by atoms with Crippen LogP contribution in [0.2, 0.25) is 0 Å². The van der Waals surface area contributed by atoms with Crippen LogP contribution in [0.3, 0.4) is 0 Å². The van der Waals surface area contributed by atoms with Crippen LogP contribution in [0, 0.1) is 0 Å². The van der Waals surface area contributed by atoms with E-state index in [0.717, 1.165) is 46.8 Å². The van der Waals surface area contributed by atoms with E-state index < -0.39 is 0 Å². The van der Waals surface area contributed by atoms with E-state index in [9.17, 15) is 4.79 Å². The number of fused-ring (bicyclic) bond motifs is 2. The zero-order valence-electron chi connectivity index (χ0n) is 14.5. The predicted octanol–water partition coefficient (Wildman–Crippen LogP) is 2.97. The standard InChI is InChI=1S/C20H21N3O3/c24-20(10-8-14-7-9-17-18(12-14)26-13-25-17)21-11-3-6-19-22-15-4-1-2-5-16(15)23-19/h1-2,4-5,7,9,12H,3,6,8,10-11,13H2,(H,21,24)(H,22,23). The molecular weight excluding hydrogens is 330 g/mol. The summed E-state index contributed by atoms with van der Waals surface area (Å²) in [7, 11) is 0. The third-order valence-electron chi connectivity index (χ3n) is 4.43. The van der Waals surface area contributed by atoms with Crippen LogP contribution in [0.25, 0.3) is 11.0 Å². The van der Waals surface area contributed by atoms with Gasteiger partial charge in [-0.25, -0.2) is 4.98 Å². The van der Waals surface area contributed by atoms with Crippen molar-refractivity contribution in [2.24, 2.45) is 0 Å². The molecule has 0 radical (unpaired) electrons. The Kier molecular flexibility index (Phi) is 4.73. The summed E-state index contributed by atoms with van der Waals surface area (Å²) in [5.41, 5.74) is 3.11. The van der Waals surface area contributed by atoms with E-state index in [0.29, 0.717) is 19.4 Å². The van der Waals surface area contributed by atoms with Crippen LogP contribution in [-0.2, 0) is 17.6 Å². The van der Waals surface area contributed by atoms with Crippen LogP contribution in [0.1, 0.15) is 24.2 Å². The number of carbonyl (C=O) groups is 1. The first-order valence-corrected chi connectivity index (χ1v) is 8.87. The number of aromatic amines is 1. The van der Waals surface area contributed by atoms with Crippen molar-refractivity contribution in [2.45, 2.75) is 25.7 Å². The summed E-state index contributed by atoms with van der Waals surface area (Å²) in [5.74, 6) is 2.55. The second kappa shape index (κ2) is 7.47. The van der Waals surface area contributed by atoms with Crippen LogP contribution in [0.15, 0.2) is 42.5 Å². The Morgan fingerprint density at radius 2 is 2.00 bits per heavy atom. The van der Waals surface area contributed by atoms with Crippen LogP contribution in [0.5, 0.6) is 11.5 Å². The molecule has 1 aromatic heterocycles. The highest BCUT2D eigenvalue weighted by molar-refractivity contribution is 5.76. The first kappa shape index (κ1) is 16.4. The van der Waals surface area contributed by atoms with Gasteiger partial charge in [0.15, 0.2) is 11.5 Å². The molecule has 4 rings (SSSR count).